The number of halogens is 1. The lowest BCUT2D eigenvalue weighted by Gasteiger charge is -2.24. The van der Waals surface area contributed by atoms with Crippen LogP contribution in [0.1, 0.15) is 18.4 Å². The topological polar surface area (TPSA) is 32.5 Å². The first-order chi connectivity index (χ1) is 8.70. The first-order valence-electron chi connectivity index (χ1n) is 6.62. The predicted octanol–water partition coefficient (Wildman–Crippen LogP) is 2.44. The number of hydrogen-bond donors (Lipinski definition) is 1. The van der Waals surface area contributed by atoms with Crippen molar-refractivity contribution in [1.82, 2.24) is 4.90 Å². The Morgan fingerprint density at radius 1 is 1.33 bits per heavy atom. The van der Waals surface area contributed by atoms with Gasteiger partial charge >= 0.3 is 0 Å². The molecule has 0 amide bonds. The number of likely N-dealkylation sites (N-methyl/N-ethyl adjacent to an activating group) is 1. The summed E-state index contributed by atoms with van der Waals surface area (Å²) in [6, 6.07) is 6.37. The van der Waals surface area contributed by atoms with Crippen molar-refractivity contribution in [2.24, 2.45) is 5.73 Å². The van der Waals surface area contributed by atoms with Crippen LogP contribution in [0.4, 0.5) is 5.69 Å². The van der Waals surface area contributed by atoms with Crippen molar-refractivity contribution in [3.63, 3.8) is 0 Å². The Labute approximate surface area is 118 Å². The molecular weight excluding hydrogens is 290 g/mol. The van der Waals surface area contributed by atoms with Crippen molar-refractivity contribution in [2.75, 3.05) is 38.1 Å². The molecule has 100 valence electrons. The molecule has 1 aliphatic heterocycles. The van der Waals surface area contributed by atoms with Crippen LogP contribution in [0.3, 0.4) is 0 Å². The van der Waals surface area contributed by atoms with Crippen molar-refractivity contribution < 1.29 is 0 Å². The standard InChI is InChI=1S/C14H22BrN3/c1-17(8-9-18-6-2-3-7-18)14-5-4-12(11-16)10-13(14)15/h4-5,10H,2-3,6-9,11,16H2,1H3. The largest absolute Gasteiger partial charge is 0.372 e. The zero-order valence-corrected chi connectivity index (χ0v) is 12.6. The molecule has 2 N–H and O–H groups in total. The molecule has 0 bridgehead atoms. The SMILES string of the molecule is CN(CCN1CCCC1)c1ccc(CN)cc1Br. The van der Waals surface area contributed by atoms with Gasteiger partial charge in [-0.1, -0.05) is 6.07 Å². The van der Waals surface area contributed by atoms with Crippen LogP contribution in [0.2, 0.25) is 0 Å². The van der Waals surface area contributed by atoms with Crippen molar-refractivity contribution in [3.8, 4) is 0 Å². The summed E-state index contributed by atoms with van der Waals surface area (Å²) < 4.78 is 1.13. The van der Waals surface area contributed by atoms with Crippen LogP contribution in [0.15, 0.2) is 22.7 Å². The second kappa shape index (κ2) is 6.55. The molecule has 1 saturated heterocycles. The van der Waals surface area contributed by atoms with Gasteiger partial charge in [-0.05, 0) is 59.6 Å². The molecule has 0 aliphatic carbocycles. The minimum atomic E-state index is 0.594. The zero-order chi connectivity index (χ0) is 13.0. The average molecular weight is 312 g/mol. The number of hydrogen-bond acceptors (Lipinski definition) is 3. The van der Waals surface area contributed by atoms with Gasteiger partial charge in [-0.25, -0.2) is 0 Å². The second-order valence-corrected chi connectivity index (χ2v) is 5.81. The third kappa shape index (κ3) is 3.46. The average Bonchev–Trinajstić information content (AvgIpc) is 2.88. The summed E-state index contributed by atoms with van der Waals surface area (Å²) in [6.07, 6.45) is 2.72. The summed E-state index contributed by atoms with van der Waals surface area (Å²) >= 11 is 3.63. The monoisotopic (exact) mass is 311 g/mol. The van der Waals surface area contributed by atoms with Crippen LogP contribution in [0, 0.1) is 0 Å². The fraction of sp³-hybridized carbons (Fsp3) is 0.571. The first kappa shape index (κ1) is 13.8. The highest BCUT2D eigenvalue weighted by atomic mass is 79.9. The fourth-order valence-electron chi connectivity index (χ4n) is 2.41. The molecule has 0 unspecified atom stereocenters. The number of anilines is 1. The van der Waals surface area contributed by atoms with Gasteiger partial charge in [0.2, 0.25) is 0 Å². The van der Waals surface area contributed by atoms with E-state index in [-0.39, 0.29) is 0 Å². The highest BCUT2D eigenvalue weighted by molar-refractivity contribution is 9.10. The number of benzene rings is 1. The summed E-state index contributed by atoms with van der Waals surface area (Å²) in [5, 5.41) is 0. The van der Waals surface area contributed by atoms with E-state index in [2.05, 4.69) is 51.0 Å². The number of nitrogens with two attached hydrogens (primary N) is 1. The first-order valence-corrected chi connectivity index (χ1v) is 7.42. The molecule has 1 aromatic carbocycles. The van der Waals surface area contributed by atoms with Crippen LogP contribution in [-0.2, 0) is 6.54 Å². The third-order valence-corrected chi connectivity index (χ3v) is 4.24. The maximum absolute atomic E-state index is 5.65. The van der Waals surface area contributed by atoms with Crippen LogP contribution >= 0.6 is 15.9 Å². The highest BCUT2D eigenvalue weighted by Crippen LogP contribution is 2.26. The van der Waals surface area contributed by atoms with Gasteiger partial charge in [0.15, 0.2) is 0 Å². The zero-order valence-electron chi connectivity index (χ0n) is 11.0. The van der Waals surface area contributed by atoms with E-state index in [0.29, 0.717) is 6.54 Å². The van der Waals surface area contributed by atoms with Gasteiger partial charge in [-0.3, -0.25) is 0 Å². The molecule has 0 spiro atoms. The Morgan fingerprint density at radius 2 is 2.06 bits per heavy atom. The Kier molecular flexibility index (Phi) is 5.03. The molecule has 1 aliphatic rings. The molecule has 3 nitrogen and oxygen atoms in total. The molecule has 1 fully saturated rings. The molecule has 0 radical (unpaired) electrons. The lowest BCUT2D eigenvalue weighted by atomic mass is 10.2. The van der Waals surface area contributed by atoms with Gasteiger partial charge < -0.3 is 15.5 Å². The molecule has 4 heteroatoms. The molecule has 2 rings (SSSR count). The van der Waals surface area contributed by atoms with Crippen molar-refractivity contribution in [1.29, 1.82) is 0 Å². The molecule has 1 heterocycles. The number of nitrogens with zero attached hydrogens (tertiary/aromatic N) is 2. The minimum absolute atomic E-state index is 0.594. The molecule has 0 aromatic heterocycles. The normalized spacial score (nSPS) is 16.2. The summed E-state index contributed by atoms with van der Waals surface area (Å²) in [4.78, 5) is 4.85. The van der Waals surface area contributed by atoms with Crippen LogP contribution in [0.5, 0.6) is 0 Å². The summed E-state index contributed by atoms with van der Waals surface area (Å²) in [5.41, 5.74) is 8.05. The molecule has 0 atom stereocenters. The van der Waals surface area contributed by atoms with Crippen molar-refractivity contribution in [3.05, 3.63) is 28.2 Å². The van der Waals surface area contributed by atoms with Gasteiger partial charge in [0.1, 0.15) is 0 Å². The summed E-state index contributed by atoms with van der Waals surface area (Å²) in [6.45, 7) is 5.35. The van der Waals surface area contributed by atoms with E-state index in [9.17, 15) is 0 Å². The lowest BCUT2D eigenvalue weighted by molar-refractivity contribution is 0.346. The lowest BCUT2D eigenvalue weighted by Crippen LogP contribution is -2.31. The van der Waals surface area contributed by atoms with Crippen molar-refractivity contribution in [2.45, 2.75) is 19.4 Å². The van der Waals surface area contributed by atoms with Gasteiger partial charge in [-0.2, -0.15) is 0 Å². The van der Waals surface area contributed by atoms with Gasteiger partial charge in [0.25, 0.3) is 0 Å². The second-order valence-electron chi connectivity index (χ2n) is 4.96. The van der Waals surface area contributed by atoms with E-state index >= 15 is 0 Å². The molecule has 1 aromatic rings. The summed E-state index contributed by atoms with van der Waals surface area (Å²) in [7, 11) is 2.15. The highest BCUT2D eigenvalue weighted by Gasteiger charge is 2.13. The Morgan fingerprint density at radius 3 is 2.67 bits per heavy atom. The van der Waals surface area contributed by atoms with Crippen LogP contribution in [-0.4, -0.2) is 38.1 Å². The van der Waals surface area contributed by atoms with E-state index in [1.165, 1.54) is 37.2 Å². The van der Waals surface area contributed by atoms with E-state index in [1.807, 2.05) is 0 Å². The quantitative estimate of drug-likeness (QED) is 0.906. The van der Waals surface area contributed by atoms with Crippen LogP contribution in [0.25, 0.3) is 0 Å². The maximum atomic E-state index is 5.65. The van der Waals surface area contributed by atoms with E-state index < -0.39 is 0 Å². The maximum Gasteiger partial charge on any atom is 0.0508 e. The van der Waals surface area contributed by atoms with Crippen molar-refractivity contribution >= 4 is 21.6 Å². The Balaban J connectivity index is 1.93. The third-order valence-electron chi connectivity index (χ3n) is 3.61. The smallest absolute Gasteiger partial charge is 0.0508 e. The predicted molar refractivity (Wildman–Crippen MR) is 81.0 cm³/mol. The van der Waals surface area contributed by atoms with Gasteiger partial charge in [0, 0.05) is 31.2 Å². The van der Waals surface area contributed by atoms with E-state index in [1.54, 1.807) is 0 Å². The molecular formula is C14H22BrN3. The molecule has 0 saturated carbocycles. The number of rotatable bonds is 5. The molecule has 18 heavy (non-hydrogen) atoms. The Bertz CT molecular complexity index is 389. The fourth-order valence-corrected chi connectivity index (χ4v) is 3.13. The Hall–Kier alpha value is -0.580. The van der Waals surface area contributed by atoms with E-state index in [0.717, 1.165) is 17.6 Å². The number of likely N-dealkylation sites (tertiary alicyclic amines) is 1. The van der Waals surface area contributed by atoms with Crippen LogP contribution < -0.4 is 10.6 Å². The minimum Gasteiger partial charge on any atom is -0.372 e. The van der Waals surface area contributed by atoms with E-state index in [4.69, 9.17) is 5.73 Å². The summed E-state index contributed by atoms with van der Waals surface area (Å²) in [5.74, 6) is 0. The van der Waals surface area contributed by atoms with Gasteiger partial charge in [-0.15, -0.1) is 0 Å². The van der Waals surface area contributed by atoms with Gasteiger partial charge in [0.05, 0.1) is 5.69 Å².